The van der Waals surface area contributed by atoms with Crippen LogP contribution in [0.4, 0.5) is 28.9 Å². The number of aryl methyl sites for hydroxylation is 1. The van der Waals surface area contributed by atoms with Crippen LogP contribution in [0, 0.1) is 12.7 Å². The van der Waals surface area contributed by atoms with Crippen molar-refractivity contribution in [3.8, 4) is 0 Å². The van der Waals surface area contributed by atoms with Crippen molar-refractivity contribution in [1.29, 1.82) is 0 Å². The summed E-state index contributed by atoms with van der Waals surface area (Å²) in [6, 6.07) is 2.57. The van der Waals surface area contributed by atoms with Crippen molar-refractivity contribution in [2.45, 2.75) is 19.5 Å². The second kappa shape index (κ2) is 4.81. The summed E-state index contributed by atoms with van der Waals surface area (Å²) < 4.78 is 49.3. The number of hydrogen-bond donors (Lipinski definition) is 1. The van der Waals surface area contributed by atoms with E-state index in [0.29, 0.717) is 11.3 Å². The minimum Gasteiger partial charge on any atom is -0.397 e. The Bertz CT molecular complexity index is 401. The fourth-order valence-electron chi connectivity index (χ4n) is 1.43. The number of halogens is 4. The molecule has 0 fully saturated rings. The Kier molecular flexibility index (Phi) is 3.85. The van der Waals surface area contributed by atoms with Gasteiger partial charge in [-0.1, -0.05) is 0 Å². The first kappa shape index (κ1) is 13.6. The third-order valence-electron chi connectivity index (χ3n) is 2.45. The van der Waals surface area contributed by atoms with Gasteiger partial charge in [0, 0.05) is 13.6 Å². The lowest BCUT2D eigenvalue weighted by Gasteiger charge is -2.22. The molecule has 0 spiro atoms. The van der Waals surface area contributed by atoms with Crippen LogP contribution in [-0.4, -0.2) is 19.8 Å². The molecule has 96 valence electrons. The molecule has 17 heavy (non-hydrogen) atoms. The van der Waals surface area contributed by atoms with Gasteiger partial charge in [-0.3, -0.25) is 0 Å². The molecule has 0 aliphatic heterocycles. The van der Waals surface area contributed by atoms with Crippen molar-refractivity contribution in [3.05, 3.63) is 23.5 Å². The highest BCUT2D eigenvalue weighted by molar-refractivity contribution is 5.68. The van der Waals surface area contributed by atoms with Crippen molar-refractivity contribution < 1.29 is 17.6 Å². The first-order valence-electron chi connectivity index (χ1n) is 5.04. The number of nitrogens with two attached hydrogens (primary N) is 1. The van der Waals surface area contributed by atoms with Crippen LogP contribution in [-0.2, 0) is 0 Å². The molecule has 0 saturated carbocycles. The molecular weight excluding hydrogens is 236 g/mol. The topological polar surface area (TPSA) is 29.3 Å². The maximum absolute atomic E-state index is 13.1. The Morgan fingerprint density at radius 2 is 1.88 bits per heavy atom. The van der Waals surface area contributed by atoms with Gasteiger partial charge in [-0.15, -0.1) is 0 Å². The number of rotatable bonds is 3. The Morgan fingerprint density at radius 3 is 2.41 bits per heavy atom. The van der Waals surface area contributed by atoms with E-state index in [0.717, 1.165) is 6.07 Å². The zero-order valence-corrected chi connectivity index (χ0v) is 9.61. The Hall–Kier alpha value is -1.46. The molecule has 0 aromatic heterocycles. The maximum Gasteiger partial charge on any atom is 0.390 e. The van der Waals surface area contributed by atoms with Crippen LogP contribution in [0.5, 0.6) is 0 Å². The molecule has 1 aromatic carbocycles. The van der Waals surface area contributed by atoms with Gasteiger partial charge in [0.1, 0.15) is 5.82 Å². The van der Waals surface area contributed by atoms with Gasteiger partial charge in [0.15, 0.2) is 0 Å². The van der Waals surface area contributed by atoms with E-state index < -0.39 is 18.4 Å². The summed E-state index contributed by atoms with van der Waals surface area (Å²) in [5, 5.41) is 0. The molecule has 0 heterocycles. The van der Waals surface area contributed by atoms with E-state index in [1.807, 2.05) is 0 Å². The molecule has 1 aromatic rings. The fraction of sp³-hybridized carbons (Fsp3) is 0.455. The van der Waals surface area contributed by atoms with Crippen LogP contribution in [0.25, 0.3) is 0 Å². The Balaban J connectivity index is 2.82. The van der Waals surface area contributed by atoms with Crippen LogP contribution in [0.3, 0.4) is 0 Å². The molecule has 0 amide bonds. The molecule has 1 rings (SSSR count). The lowest BCUT2D eigenvalue weighted by molar-refractivity contribution is -0.132. The standard InChI is InChI=1S/C11H14F4N2/c1-7-5-10(9(16)6-8(7)12)17(2)4-3-11(13,14)15/h5-6H,3-4,16H2,1-2H3. The second-order valence-corrected chi connectivity index (χ2v) is 3.95. The van der Waals surface area contributed by atoms with Crippen LogP contribution >= 0.6 is 0 Å². The molecule has 0 aliphatic rings. The number of alkyl halides is 3. The first-order valence-corrected chi connectivity index (χ1v) is 5.04. The van der Waals surface area contributed by atoms with Crippen molar-refractivity contribution in [1.82, 2.24) is 0 Å². The third kappa shape index (κ3) is 3.80. The largest absolute Gasteiger partial charge is 0.397 e. The molecule has 6 heteroatoms. The van der Waals surface area contributed by atoms with E-state index in [1.54, 1.807) is 0 Å². The highest BCUT2D eigenvalue weighted by Gasteiger charge is 2.27. The summed E-state index contributed by atoms with van der Waals surface area (Å²) in [4.78, 5) is 1.37. The molecule has 0 atom stereocenters. The Labute approximate surface area is 97.0 Å². The Morgan fingerprint density at radius 1 is 1.29 bits per heavy atom. The van der Waals surface area contributed by atoms with Crippen molar-refractivity contribution >= 4 is 11.4 Å². The second-order valence-electron chi connectivity index (χ2n) is 3.95. The monoisotopic (exact) mass is 250 g/mol. The maximum atomic E-state index is 13.1. The van der Waals surface area contributed by atoms with Gasteiger partial charge in [0.2, 0.25) is 0 Å². The van der Waals surface area contributed by atoms with Crippen LogP contribution in [0.2, 0.25) is 0 Å². The summed E-state index contributed by atoms with van der Waals surface area (Å²) in [6.45, 7) is 1.33. The zero-order chi connectivity index (χ0) is 13.2. The molecule has 0 aliphatic carbocycles. The third-order valence-corrected chi connectivity index (χ3v) is 2.45. The molecular formula is C11H14F4N2. The summed E-state index contributed by atoms with van der Waals surface area (Å²) in [5.74, 6) is -0.463. The summed E-state index contributed by atoms with van der Waals surface area (Å²) >= 11 is 0. The fourth-order valence-corrected chi connectivity index (χ4v) is 1.43. The van der Waals surface area contributed by atoms with Crippen molar-refractivity contribution in [2.24, 2.45) is 0 Å². The van der Waals surface area contributed by atoms with Crippen LogP contribution < -0.4 is 10.6 Å². The van der Waals surface area contributed by atoms with Crippen LogP contribution in [0.15, 0.2) is 12.1 Å². The van der Waals surface area contributed by atoms with E-state index in [9.17, 15) is 17.6 Å². The van der Waals surface area contributed by atoms with Gasteiger partial charge < -0.3 is 10.6 Å². The molecule has 0 unspecified atom stereocenters. The van der Waals surface area contributed by atoms with Gasteiger partial charge in [0.25, 0.3) is 0 Å². The first-order chi connectivity index (χ1) is 7.70. The average molecular weight is 250 g/mol. The summed E-state index contributed by atoms with van der Waals surface area (Å²) in [6.07, 6.45) is -5.14. The quantitative estimate of drug-likeness (QED) is 0.659. The average Bonchev–Trinajstić information content (AvgIpc) is 2.19. The van der Waals surface area contributed by atoms with Crippen molar-refractivity contribution in [2.75, 3.05) is 24.2 Å². The van der Waals surface area contributed by atoms with E-state index in [2.05, 4.69) is 0 Å². The normalized spacial score (nSPS) is 11.6. The highest BCUT2D eigenvalue weighted by Crippen LogP contribution is 2.27. The molecule has 0 radical (unpaired) electrons. The smallest absolute Gasteiger partial charge is 0.390 e. The predicted octanol–water partition coefficient (Wildman–Crippen LogP) is 3.10. The number of benzene rings is 1. The summed E-state index contributed by atoms with van der Waals surface area (Å²) in [5.41, 5.74) is 6.47. The molecule has 2 N–H and O–H groups in total. The predicted molar refractivity (Wildman–Crippen MR) is 59.5 cm³/mol. The van der Waals surface area contributed by atoms with E-state index in [4.69, 9.17) is 5.73 Å². The van der Waals surface area contributed by atoms with Crippen LogP contribution in [0.1, 0.15) is 12.0 Å². The number of anilines is 2. The number of nitrogen functional groups attached to an aromatic ring is 1. The summed E-state index contributed by atoms with van der Waals surface area (Å²) in [7, 11) is 1.49. The van der Waals surface area contributed by atoms with Gasteiger partial charge in [-0.05, 0) is 24.6 Å². The van der Waals surface area contributed by atoms with E-state index in [-0.39, 0.29) is 12.2 Å². The number of nitrogens with zero attached hydrogens (tertiary/aromatic N) is 1. The van der Waals surface area contributed by atoms with Crippen molar-refractivity contribution in [3.63, 3.8) is 0 Å². The number of hydrogen-bond acceptors (Lipinski definition) is 2. The van der Waals surface area contributed by atoms with E-state index >= 15 is 0 Å². The SMILES string of the molecule is Cc1cc(N(C)CCC(F)(F)F)c(N)cc1F. The molecule has 0 saturated heterocycles. The van der Waals surface area contributed by atoms with E-state index in [1.165, 1.54) is 24.9 Å². The lowest BCUT2D eigenvalue weighted by Crippen LogP contribution is -2.25. The van der Waals surface area contributed by atoms with Gasteiger partial charge in [-0.25, -0.2) is 4.39 Å². The minimum absolute atomic E-state index is 0.137. The lowest BCUT2D eigenvalue weighted by atomic mass is 10.1. The molecule has 0 bridgehead atoms. The van der Waals surface area contributed by atoms with Gasteiger partial charge in [-0.2, -0.15) is 13.2 Å². The van der Waals surface area contributed by atoms with Gasteiger partial charge in [0.05, 0.1) is 17.8 Å². The molecule has 2 nitrogen and oxygen atoms in total. The minimum atomic E-state index is -4.21. The highest BCUT2D eigenvalue weighted by atomic mass is 19.4. The van der Waals surface area contributed by atoms with Gasteiger partial charge >= 0.3 is 6.18 Å². The zero-order valence-electron chi connectivity index (χ0n) is 9.61.